The zero-order valence-corrected chi connectivity index (χ0v) is 21.4. The van der Waals surface area contributed by atoms with Gasteiger partial charge < -0.3 is 15.4 Å². The molecule has 2 aromatic carbocycles. The number of hydrogen-bond donors (Lipinski definition) is 2. The van der Waals surface area contributed by atoms with Crippen LogP contribution >= 0.6 is 39.3 Å². The number of amides is 1. The van der Waals surface area contributed by atoms with Gasteiger partial charge in [0.2, 0.25) is 5.91 Å². The van der Waals surface area contributed by atoms with Crippen molar-refractivity contribution >= 4 is 56.9 Å². The number of nitrogens with zero attached hydrogens (tertiary/aromatic N) is 1. The second-order valence-corrected chi connectivity index (χ2v) is 9.57. The van der Waals surface area contributed by atoms with E-state index in [2.05, 4.69) is 39.2 Å². The van der Waals surface area contributed by atoms with Crippen molar-refractivity contribution in [3.63, 3.8) is 0 Å². The van der Waals surface area contributed by atoms with E-state index in [1.807, 2.05) is 12.1 Å². The first-order valence-electron chi connectivity index (χ1n) is 10.2. The lowest BCUT2D eigenvalue weighted by molar-refractivity contribution is -0.138. The van der Waals surface area contributed by atoms with Crippen molar-refractivity contribution in [2.24, 2.45) is 0 Å². The van der Waals surface area contributed by atoms with Gasteiger partial charge in [-0.25, -0.2) is 4.79 Å². The number of anilines is 1. The van der Waals surface area contributed by atoms with Crippen LogP contribution in [0.15, 0.2) is 87.5 Å². The molecule has 6 nitrogen and oxygen atoms in total. The summed E-state index contributed by atoms with van der Waals surface area (Å²) in [6, 6.07) is 16.4. The van der Waals surface area contributed by atoms with Gasteiger partial charge in [-0.3, -0.25) is 4.79 Å². The van der Waals surface area contributed by atoms with Crippen LogP contribution in [0.5, 0.6) is 0 Å². The molecule has 2 N–H and O–H groups in total. The minimum Gasteiger partial charge on any atom is -0.458 e. The Hall–Kier alpha value is -2.99. The number of halogens is 2. The van der Waals surface area contributed by atoms with Crippen LogP contribution in [0.1, 0.15) is 18.4 Å². The zero-order valence-electron chi connectivity index (χ0n) is 18.2. The summed E-state index contributed by atoms with van der Waals surface area (Å²) in [6.45, 7) is 5.36. The van der Waals surface area contributed by atoms with Crippen molar-refractivity contribution in [1.29, 1.82) is 5.26 Å². The van der Waals surface area contributed by atoms with E-state index in [4.69, 9.17) is 16.3 Å². The molecular weight excluding hydrogens is 538 g/mol. The standard InChI is InChI=1S/C25H21BrClN3O3S/c1-3-12-33-25(32)22-15(2)29-24(20(13-28)23(22)16-4-8-18(27)9-5-16)34-14-21(31)30-19-10-6-17(26)7-11-19/h3-11,23,29H,1,12,14H2,2H3,(H,30,31). The van der Waals surface area contributed by atoms with Gasteiger partial charge in [0.1, 0.15) is 6.61 Å². The number of hydrogen-bond acceptors (Lipinski definition) is 6. The third-order valence-corrected chi connectivity index (χ3v) is 6.68. The molecule has 1 aliphatic heterocycles. The number of allylic oxidation sites excluding steroid dienone is 2. The summed E-state index contributed by atoms with van der Waals surface area (Å²) in [5, 5.41) is 17.0. The third-order valence-electron chi connectivity index (χ3n) is 4.88. The minimum absolute atomic E-state index is 0.0480. The monoisotopic (exact) mass is 557 g/mol. The van der Waals surface area contributed by atoms with E-state index in [-0.39, 0.29) is 18.3 Å². The Morgan fingerprint density at radius 3 is 2.56 bits per heavy atom. The fourth-order valence-electron chi connectivity index (χ4n) is 3.37. The van der Waals surface area contributed by atoms with Crippen LogP contribution in [0.2, 0.25) is 5.02 Å². The quantitative estimate of drug-likeness (QED) is 0.310. The summed E-state index contributed by atoms with van der Waals surface area (Å²) < 4.78 is 6.20. The van der Waals surface area contributed by atoms with Gasteiger partial charge in [0.25, 0.3) is 0 Å². The van der Waals surface area contributed by atoms with Crippen LogP contribution in [-0.2, 0) is 14.3 Å². The molecule has 9 heteroatoms. The Morgan fingerprint density at radius 2 is 1.94 bits per heavy atom. The van der Waals surface area contributed by atoms with Gasteiger partial charge in [0.15, 0.2) is 0 Å². The summed E-state index contributed by atoms with van der Waals surface area (Å²) in [7, 11) is 0. The minimum atomic E-state index is -0.669. The highest BCUT2D eigenvalue weighted by Gasteiger charge is 2.35. The lowest BCUT2D eigenvalue weighted by Gasteiger charge is -2.29. The predicted molar refractivity (Wildman–Crippen MR) is 139 cm³/mol. The summed E-state index contributed by atoms with van der Waals surface area (Å²) in [5.41, 5.74) is 2.57. The summed E-state index contributed by atoms with van der Waals surface area (Å²) >= 11 is 10.6. The van der Waals surface area contributed by atoms with Crippen molar-refractivity contribution in [3.05, 3.63) is 98.1 Å². The molecule has 1 amide bonds. The Bertz CT molecular complexity index is 1200. The van der Waals surface area contributed by atoms with E-state index in [0.29, 0.717) is 38.1 Å². The van der Waals surface area contributed by atoms with Crippen LogP contribution in [0, 0.1) is 11.3 Å². The van der Waals surface area contributed by atoms with E-state index in [1.54, 1.807) is 43.3 Å². The van der Waals surface area contributed by atoms with Crippen molar-refractivity contribution in [2.75, 3.05) is 17.7 Å². The number of rotatable bonds is 8. The highest BCUT2D eigenvalue weighted by atomic mass is 79.9. The SMILES string of the molecule is C=CCOC(=O)C1=C(C)NC(SCC(=O)Nc2ccc(Br)cc2)=C(C#N)C1c1ccc(Cl)cc1. The highest BCUT2D eigenvalue weighted by Crippen LogP contribution is 2.41. The van der Waals surface area contributed by atoms with E-state index >= 15 is 0 Å². The van der Waals surface area contributed by atoms with Gasteiger partial charge in [-0.15, -0.1) is 0 Å². The van der Waals surface area contributed by atoms with Gasteiger partial charge in [-0.05, 0) is 48.9 Å². The fraction of sp³-hybridized carbons (Fsp3) is 0.160. The molecule has 1 atom stereocenters. The second kappa shape index (κ2) is 11.9. The molecule has 1 heterocycles. The maximum absolute atomic E-state index is 12.9. The average Bonchev–Trinajstić information content (AvgIpc) is 2.82. The van der Waals surface area contributed by atoms with Crippen LogP contribution in [0.25, 0.3) is 0 Å². The first-order chi connectivity index (χ1) is 16.3. The molecule has 0 fully saturated rings. The normalized spacial score (nSPS) is 15.3. The van der Waals surface area contributed by atoms with Gasteiger partial charge in [0.05, 0.1) is 33.9 Å². The van der Waals surface area contributed by atoms with Crippen LogP contribution in [0.4, 0.5) is 5.69 Å². The number of esters is 1. The summed E-state index contributed by atoms with van der Waals surface area (Å²) in [4.78, 5) is 25.4. The van der Waals surface area contributed by atoms with Crippen molar-refractivity contribution in [1.82, 2.24) is 5.32 Å². The average molecular weight is 559 g/mol. The zero-order chi connectivity index (χ0) is 24.7. The number of ether oxygens (including phenoxy) is 1. The van der Waals surface area contributed by atoms with E-state index in [0.717, 1.165) is 4.47 Å². The first kappa shape index (κ1) is 25.6. The number of nitrogens with one attached hydrogen (secondary N) is 2. The number of benzene rings is 2. The third kappa shape index (κ3) is 6.32. The molecule has 0 bridgehead atoms. The molecular formula is C25H21BrClN3O3S. The smallest absolute Gasteiger partial charge is 0.337 e. The number of thioether (sulfide) groups is 1. The molecule has 2 aromatic rings. The molecule has 0 radical (unpaired) electrons. The van der Waals surface area contributed by atoms with Crippen molar-refractivity contribution < 1.29 is 14.3 Å². The maximum Gasteiger partial charge on any atom is 0.337 e. The molecule has 174 valence electrons. The molecule has 34 heavy (non-hydrogen) atoms. The number of nitriles is 1. The van der Waals surface area contributed by atoms with E-state index in [1.165, 1.54) is 17.8 Å². The van der Waals surface area contributed by atoms with Crippen LogP contribution in [0.3, 0.4) is 0 Å². The summed E-state index contributed by atoms with van der Waals surface area (Å²) in [6.07, 6.45) is 1.48. The van der Waals surface area contributed by atoms with Crippen LogP contribution in [-0.4, -0.2) is 24.2 Å². The lowest BCUT2D eigenvalue weighted by Crippen LogP contribution is -2.29. The molecule has 0 spiro atoms. The molecule has 0 aliphatic carbocycles. The lowest BCUT2D eigenvalue weighted by atomic mass is 9.82. The van der Waals surface area contributed by atoms with Gasteiger partial charge in [-0.2, -0.15) is 5.26 Å². The first-order valence-corrected chi connectivity index (χ1v) is 12.3. The predicted octanol–water partition coefficient (Wildman–Crippen LogP) is 5.90. The molecule has 1 aliphatic rings. The van der Waals surface area contributed by atoms with Crippen LogP contribution < -0.4 is 10.6 Å². The topological polar surface area (TPSA) is 91.2 Å². The second-order valence-electron chi connectivity index (χ2n) is 7.23. The summed E-state index contributed by atoms with van der Waals surface area (Å²) in [5.74, 6) is -1.37. The highest BCUT2D eigenvalue weighted by molar-refractivity contribution is 9.10. The molecule has 0 saturated heterocycles. The molecule has 0 aromatic heterocycles. The number of carbonyl (C=O) groups excluding carboxylic acids is 2. The van der Waals surface area contributed by atoms with Gasteiger partial charge >= 0.3 is 5.97 Å². The largest absolute Gasteiger partial charge is 0.458 e. The Kier molecular flexibility index (Phi) is 8.99. The van der Waals surface area contributed by atoms with Crippen molar-refractivity contribution in [3.8, 4) is 6.07 Å². The maximum atomic E-state index is 12.9. The molecule has 1 unspecified atom stereocenters. The van der Waals surface area contributed by atoms with E-state index < -0.39 is 11.9 Å². The molecule has 3 rings (SSSR count). The number of dihydropyridines is 1. The molecule has 0 saturated carbocycles. The van der Waals surface area contributed by atoms with Gasteiger partial charge in [0, 0.05) is 20.9 Å². The fourth-order valence-corrected chi connectivity index (χ4v) is 4.65. The Balaban J connectivity index is 1.88. The Labute approximate surface area is 215 Å². The Morgan fingerprint density at radius 1 is 1.26 bits per heavy atom. The van der Waals surface area contributed by atoms with Gasteiger partial charge in [-0.1, -0.05) is 64.1 Å². The number of carbonyl (C=O) groups is 2. The van der Waals surface area contributed by atoms with Crippen molar-refractivity contribution in [2.45, 2.75) is 12.8 Å². The van der Waals surface area contributed by atoms with E-state index in [9.17, 15) is 14.9 Å².